The molecule has 4 heteroatoms. The Kier molecular flexibility index (Phi) is 17.5. The molecule has 0 spiro atoms. The van der Waals surface area contributed by atoms with Gasteiger partial charge >= 0.3 is 5.97 Å². The van der Waals surface area contributed by atoms with Crippen molar-refractivity contribution in [2.75, 3.05) is 6.61 Å². The first kappa shape index (κ1) is 17.5. The van der Waals surface area contributed by atoms with Gasteiger partial charge in [0.15, 0.2) is 0 Å². The summed E-state index contributed by atoms with van der Waals surface area (Å²) in [4.78, 5) is 10.7. The van der Waals surface area contributed by atoms with Gasteiger partial charge in [-0.05, 0) is 13.8 Å². The molecule has 4 nitrogen and oxygen atoms in total. The van der Waals surface area contributed by atoms with E-state index in [1.807, 2.05) is 0 Å². The van der Waals surface area contributed by atoms with Crippen molar-refractivity contribution < 1.29 is 9.53 Å². The molecular formula is C9H16N2O2. The van der Waals surface area contributed by atoms with Crippen molar-refractivity contribution >= 4 is 5.97 Å². The summed E-state index contributed by atoms with van der Waals surface area (Å²) in [5.74, 6) is -0.549. The van der Waals surface area contributed by atoms with Gasteiger partial charge in [-0.1, -0.05) is 6.08 Å². The third-order valence-corrected chi connectivity index (χ3v) is 0.904. The lowest BCUT2D eigenvalue weighted by atomic mass is 10.3. The van der Waals surface area contributed by atoms with E-state index in [1.54, 1.807) is 19.9 Å². The average molecular weight is 184 g/mol. The second kappa shape index (κ2) is 13.0. The molecule has 13 heavy (non-hydrogen) atoms. The first-order valence-corrected chi connectivity index (χ1v) is 3.49. The summed E-state index contributed by atoms with van der Waals surface area (Å²) in [7, 11) is 0. The summed E-state index contributed by atoms with van der Waals surface area (Å²) in [6.45, 7) is 9.62. The topological polar surface area (TPSA) is 85.1 Å². The number of allylic oxidation sites excluding steroid dienone is 1. The van der Waals surface area contributed by atoms with Crippen LogP contribution < -0.4 is 6.15 Å². The van der Waals surface area contributed by atoms with E-state index in [1.165, 1.54) is 6.08 Å². The van der Waals surface area contributed by atoms with Gasteiger partial charge < -0.3 is 10.9 Å². The van der Waals surface area contributed by atoms with E-state index >= 15 is 0 Å². The van der Waals surface area contributed by atoms with E-state index in [4.69, 9.17) is 5.26 Å². The standard InChI is InChI=1S/C7H9NO2.C2H4.H3N/c1-3-6(5-8)7(9)10-4-2;1-2;/h3H,4H2,1-2H3;1-2H2;1H3/b6-3+;;. The maximum Gasteiger partial charge on any atom is 0.348 e. The number of carbonyl (C=O) groups excluding carboxylic acids is 1. The van der Waals surface area contributed by atoms with E-state index in [9.17, 15) is 4.79 Å². The van der Waals surface area contributed by atoms with Crippen LogP contribution in [0.1, 0.15) is 13.8 Å². The Balaban J connectivity index is -0.000000309. The van der Waals surface area contributed by atoms with Gasteiger partial charge in [0.25, 0.3) is 0 Å². The highest BCUT2D eigenvalue weighted by Crippen LogP contribution is 1.94. The smallest absolute Gasteiger partial charge is 0.348 e. The number of hydrogen-bond acceptors (Lipinski definition) is 4. The number of nitriles is 1. The molecule has 0 aliphatic rings. The quantitative estimate of drug-likeness (QED) is 0.308. The van der Waals surface area contributed by atoms with Crippen LogP contribution in [0.4, 0.5) is 0 Å². The van der Waals surface area contributed by atoms with Crippen molar-refractivity contribution in [1.82, 2.24) is 6.15 Å². The van der Waals surface area contributed by atoms with Crippen LogP contribution >= 0.6 is 0 Å². The lowest BCUT2D eigenvalue weighted by molar-refractivity contribution is -0.138. The van der Waals surface area contributed by atoms with Gasteiger partial charge in [0.05, 0.1) is 6.61 Å². The molecule has 0 atom stereocenters. The molecule has 74 valence electrons. The third-order valence-electron chi connectivity index (χ3n) is 0.904. The van der Waals surface area contributed by atoms with Crippen molar-refractivity contribution in [1.29, 1.82) is 5.26 Å². The Morgan fingerprint density at radius 3 is 2.31 bits per heavy atom. The SMILES string of the molecule is C/C=C(\C#N)C(=O)OCC.C=C.N. The van der Waals surface area contributed by atoms with E-state index < -0.39 is 5.97 Å². The van der Waals surface area contributed by atoms with Crippen LogP contribution in [-0.2, 0) is 9.53 Å². The van der Waals surface area contributed by atoms with Crippen LogP contribution in [0.3, 0.4) is 0 Å². The molecule has 0 amide bonds. The van der Waals surface area contributed by atoms with Crippen LogP contribution in [0.2, 0.25) is 0 Å². The molecule has 0 rings (SSSR count). The Labute approximate surface area is 79.1 Å². The number of nitrogens with zero attached hydrogens (tertiary/aromatic N) is 1. The molecular weight excluding hydrogens is 168 g/mol. The van der Waals surface area contributed by atoms with Crippen LogP contribution in [0.5, 0.6) is 0 Å². The van der Waals surface area contributed by atoms with Crippen LogP contribution in [0.15, 0.2) is 24.8 Å². The summed E-state index contributed by atoms with van der Waals surface area (Å²) in [6, 6.07) is 1.72. The fourth-order valence-electron chi connectivity index (χ4n) is 0.437. The summed E-state index contributed by atoms with van der Waals surface area (Å²) >= 11 is 0. The molecule has 0 unspecified atom stereocenters. The van der Waals surface area contributed by atoms with Gasteiger partial charge in [0.1, 0.15) is 11.6 Å². The number of carbonyl (C=O) groups is 1. The zero-order chi connectivity index (χ0) is 9.98. The summed E-state index contributed by atoms with van der Waals surface area (Å²) in [5, 5.41) is 8.30. The molecule has 0 aromatic heterocycles. The van der Waals surface area contributed by atoms with Crippen LogP contribution in [0, 0.1) is 11.3 Å². The van der Waals surface area contributed by atoms with Crippen molar-refractivity contribution in [3.63, 3.8) is 0 Å². The monoisotopic (exact) mass is 184 g/mol. The Hall–Kier alpha value is -1.60. The van der Waals surface area contributed by atoms with E-state index in [0.717, 1.165) is 0 Å². The molecule has 0 saturated carbocycles. The molecule has 0 fully saturated rings. The lowest BCUT2D eigenvalue weighted by Gasteiger charge is -1.96. The van der Waals surface area contributed by atoms with Crippen molar-refractivity contribution in [3.8, 4) is 6.07 Å². The minimum absolute atomic E-state index is 0. The molecule has 0 radical (unpaired) electrons. The minimum atomic E-state index is -0.549. The summed E-state index contributed by atoms with van der Waals surface area (Å²) < 4.78 is 4.56. The van der Waals surface area contributed by atoms with Gasteiger partial charge in [0.2, 0.25) is 0 Å². The van der Waals surface area contributed by atoms with Gasteiger partial charge in [-0.2, -0.15) is 5.26 Å². The van der Waals surface area contributed by atoms with Crippen molar-refractivity contribution in [2.45, 2.75) is 13.8 Å². The number of ether oxygens (including phenoxy) is 1. The predicted molar refractivity (Wildman–Crippen MR) is 52.3 cm³/mol. The zero-order valence-electron chi connectivity index (χ0n) is 8.17. The molecule has 0 aromatic carbocycles. The normalized spacial score (nSPS) is 8.23. The second-order valence-electron chi connectivity index (χ2n) is 1.53. The number of esters is 1. The Morgan fingerprint density at radius 2 is 2.08 bits per heavy atom. The number of hydrogen-bond donors (Lipinski definition) is 1. The summed E-state index contributed by atoms with van der Waals surface area (Å²) in [6.07, 6.45) is 1.43. The van der Waals surface area contributed by atoms with Gasteiger partial charge in [-0.25, -0.2) is 4.79 Å². The van der Waals surface area contributed by atoms with Crippen molar-refractivity contribution in [3.05, 3.63) is 24.8 Å². The van der Waals surface area contributed by atoms with Gasteiger partial charge in [0, 0.05) is 0 Å². The van der Waals surface area contributed by atoms with Gasteiger partial charge in [-0.3, -0.25) is 0 Å². The highest BCUT2D eigenvalue weighted by molar-refractivity contribution is 5.92. The highest BCUT2D eigenvalue weighted by Gasteiger charge is 2.06. The first-order chi connectivity index (χ1) is 5.76. The molecule has 0 heterocycles. The first-order valence-electron chi connectivity index (χ1n) is 3.49. The van der Waals surface area contributed by atoms with E-state index in [0.29, 0.717) is 6.61 Å². The molecule has 0 aromatic rings. The van der Waals surface area contributed by atoms with Gasteiger partial charge in [-0.15, -0.1) is 13.2 Å². The fraction of sp³-hybridized carbons (Fsp3) is 0.333. The lowest BCUT2D eigenvalue weighted by Crippen LogP contribution is -2.05. The van der Waals surface area contributed by atoms with Crippen molar-refractivity contribution in [2.24, 2.45) is 0 Å². The molecule has 0 aliphatic carbocycles. The number of rotatable bonds is 2. The highest BCUT2D eigenvalue weighted by atomic mass is 16.5. The zero-order valence-corrected chi connectivity index (χ0v) is 8.17. The molecule has 0 bridgehead atoms. The Morgan fingerprint density at radius 1 is 1.62 bits per heavy atom. The molecule has 0 aliphatic heterocycles. The predicted octanol–water partition coefficient (Wildman–Crippen LogP) is 1.98. The largest absolute Gasteiger partial charge is 0.462 e. The third kappa shape index (κ3) is 8.30. The minimum Gasteiger partial charge on any atom is -0.462 e. The second-order valence-corrected chi connectivity index (χ2v) is 1.53. The van der Waals surface area contributed by atoms with E-state index in [2.05, 4.69) is 17.9 Å². The maximum absolute atomic E-state index is 10.7. The maximum atomic E-state index is 10.7. The van der Waals surface area contributed by atoms with Crippen LogP contribution in [0.25, 0.3) is 0 Å². The summed E-state index contributed by atoms with van der Waals surface area (Å²) in [5.41, 5.74) is 0.0573. The Bertz CT molecular complexity index is 204. The average Bonchev–Trinajstić information content (AvgIpc) is 2.11. The molecule has 0 saturated heterocycles. The fourth-order valence-corrected chi connectivity index (χ4v) is 0.437. The van der Waals surface area contributed by atoms with E-state index in [-0.39, 0.29) is 11.7 Å². The van der Waals surface area contributed by atoms with Crippen LogP contribution in [-0.4, -0.2) is 12.6 Å². The molecule has 3 N–H and O–H groups in total.